The summed E-state index contributed by atoms with van der Waals surface area (Å²) in [4.78, 5) is 25.9. The van der Waals surface area contributed by atoms with Crippen molar-refractivity contribution in [1.82, 2.24) is 0 Å². The average molecular weight is 292 g/mol. The third-order valence-electron chi connectivity index (χ3n) is 5.95. The standard InChI is InChI=1S/C19H32O2/c1-6-15(20)19(10-8-7-9-11-19)14-12-17(2,3)13-18(4,5)16(14)21/h14H,6-13H2,1-5H3. The van der Waals surface area contributed by atoms with E-state index in [2.05, 4.69) is 27.7 Å². The van der Waals surface area contributed by atoms with Crippen LogP contribution in [0.25, 0.3) is 0 Å². The molecule has 0 spiro atoms. The van der Waals surface area contributed by atoms with Crippen LogP contribution in [0.2, 0.25) is 0 Å². The molecular weight excluding hydrogens is 260 g/mol. The van der Waals surface area contributed by atoms with Crippen LogP contribution < -0.4 is 0 Å². The highest BCUT2D eigenvalue weighted by molar-refractivity contribution is 5.95. The highest BCUT2D eigenvalue weighted by atomic mass is 16.1. The Balaban J connectivity index is 2.43. The fraction of sp³-hybridized carbons (Fsp3) is 0.895. The van der Waals surface area contributed by atoms with Gasteiger partial charge in [0, 0.05) is 23.2 Å². The zero-order chi connectivity index (χ0) is 15.9. The summed E-state index contributed by atoms with van der Waals surface area (Å²) >= 11 is 0. The SMILES string of the molecule is CCC(=O)C1(C2CC(C)(C)CC(C)(C)C2=O)CCCCC1. The van der Waals surface area contributed by atoms with Crippen molar-refractivity contribution in [2.45, 2.75) is 86.0 Å². The van der Waals surface area contributed by atoms with E-state index in [-0.39, 0.29) is 22.2 Å². The smallest absolute Gasteiger partial charge is 0.142 e. The lowest BCUT2D eigenvalue weighted by Crippen LogP contribution is -2.53. The van der Waals surface area contributed by atoms with Crippen molar-refractivity contribution in [3.63, 3.8) is 0 Å². The Kier molecular flexibility index (Phi) is 4.39. The first-order chi connectivity index (χ1) is 9.65. The van der Waals surface area contributed by atoms with E-state index >= 15 is 0 Å². The van der Waals surface area contributed by atoms with Crippen LogP contribution in [0.3, 0.4) is 0 Å². The van der Waals surface area contributed by atoms with E-state index in [1.807, 2.05) is 6.92 Å². The molecule has 2 rings (SSSR count). The predicted octanol–water partition coefficient (Wildman–Crippen LogP) is 4.95. The first-order valence-corrected chi connectivity index (χ1v) is 8.72. The molecule has 0 amide bonds. The Morgan fingerprint density at radius 3 is 2.19 bits per heavy atom. The summed E-state index contributed by atoms with van der Waals surface area (Å²) in [7, 11) is 0. The quantitative estimate of drug-likeness (QED) is 0.737. The molecule has 0 radical (unpaired) electrons. The van der Waals surface area contributed by atoms with Gasteiger partial charge in [0.05, 0.1) is 0 Å². The van der Waals surface area contributed by atoms with Crippen molar-refractivity contribution >= 4 is 11.6 Å². The van der Waals surface area contributed by atoms with Crippen molar-refractivity contribution in [1.29, 1.82) is 0 Å². The molecule has 2 saturated carbocycles. The van der Waals surface area contributed by atoms with Crippen LogP contribution in [0.4, 0.5) is 0 Å². The summed E-state index contributed by atoms with van der Waals surface area (Å²) in [5.74, 6) is 0.642. The minimum atomic E-state index is -0.348. The van der Waals surface area contributed by atoms with E-state index in [4.69, 9.17) is 0 Å². The van der Waals surface area contributed by atoms with Crippen LogP contribution in [0.5, 0.6) is 0 Å². The molecule has 120 valence electrons. The van der Waals surface area contributed by atoms with Gasteiger partial charge in [-0.25, -0.2) is 0 Å². The van der Waals surface area contributed by atoms with Gasteiger partial charge in [-0.2, -0.15) is 0 Å². The Labute approximate surface area is 130 Å². The molecule has 0 aromatic rings. The highest BCUT2D eigenvalue weighted by Gasteiger charge is 2.55. The fourth-order valence-corrected chi connectivity index (χ4v) is 5.28. The van der Waals surface area contributed by atoms with Crippen molar-refractivity contribution in [2.75, 3.05) is 0 Å². The molecule has 0 aromatic heterocycles. The predicted molar refractivity (Wildman–Crippen MR) is 86.1 cm³/mol. The summed E-state index contributed by atoms with van der Waals surface area (Å²) in [5, 5.41) is 0. The summed E-state index contributed by atoms with van der Waals surface area (Å²) in [6, 6.07) is 0. The van der Waals surface area contributed by atoms with E-state index < -0.39 is 0 Å². The molecule has 0 N–H and O–H groups in total. The lowest BCUT2D eigenvalue weighted by atomic mass is 9.51. The van der Waals surface area contributed by atoms with Gasteiger partial charge in [-0.1, -0.05) is 53.9 Å². The first kappa shape index (κ1) is 16.7. The maximum atomic E-state index is 13.1. The topological polar surface area (TPSA) is 34.1 Å². The molecule has 0 saturated heterocycles. The number of Topliss-reactive ketones (excluding diaryl/α,β-unsaturated/α-hetero) is 2. The Morgan fingerprint density at radius 1 is 1.10 bits per heavy atom. The largest absolute Gasteiger partial charge is 0.299 e. The molecule has 2 nitrogen and oxygen atoms in total. The lowest BCUT2D eigenvalue weighted by Gasteiger charge is -2.51. The summed E-state index contributed by atoms with van der Waals surface area (Å²) in [5.41, 5.74) is -0.482. The lowest BCUT2D eigenvalue weighted by molar-refractivity contribution is -0.154. The molecule has 1 atom stereocenters. The zero-order valence-electron chi connectivity index (χ0n) is 14.6. The van der Waals surface area contributed by atoms with Gasteiger partial charge in [-0.05, 0) is 31.1 Å². The molecule has 21 heavy (non-hydrogen) atoms. The van der Waals surface area contributed by atoms with Crippen LogP contribution in [0.15, 0.2) is 0 Å². The van der Waals surface area contributed by atoms with Crippen LogP contribution in [-0.2, 0) is 9.59 Å². The van der Waals surface area contributed by atoms with Crippen molar-refractivity contribution in [3.8, 4) is 0 Å². The first-order valence-electron chi connectivity index (χ1n) is 8.72. The van der Waals surface area contributed by atoms with Crippen molar-refractivity contribution in [2.24, 2.45) is 22.2 Å². The monoisotopic (exact) mass is 292 g/mol. The number of rotatable bonds is 3. The minimum Gasteiger partial charge on any atom is -0.299 e. The van der Waals surface area contributed by atoms with Gasteiger partial charge in [0.25, 0.3) is 0 Å². The zero-order valence-corrected chi connectivity index (χ0v) is 14.6. The Hall–Kier alpha value is -0.660. The minimum absolute atomic E-state index is 0.0519. The molecule has 2 aliphatic carbocycles. The van der Waals surface area contributed by atoms with Crippen molar-refractivity contribution < 1.29 is 9.59 Å². The Bertz CT molecular complexity index is 425. The molecule has 0 aromatic carbocycles. The fourth-order valence-electron chi connectivity index (χ4n) is 5.28. The van der Waals surface area contributed by atoms with E-state index in [1.54, 1.807) is 0 Å². The Morgan fingerprint density at radius 2 is 1.67 bits per heavy atom. The van der Waals surface area contributed by atoms with Crippen LogP contribution in [0.1, 0.15) is 86.0 Å². The van der Waals surface area contributed by atoms with E-state index in [1.165, 1.54) is 6.42 Å². The highest BCUT2D eigenvalue weighted by Crippen LogP contribution is 2.55. The second kappa shape index (κ2) is 5.52. The number of ketones is 2. The van der Waals surface area contributed by atoms with Crippen LogP contribution >= 0.6 is 0 Å². The average Bonchev–Trinajstić information content (AvgIpc) is 2.41. The summed E-state index contributed by atoms with van der Waals surface area (Å²) in [6.45, 7) is 10.6. The maximum Gasteiger partial charge on any atom is 0.142 e. The van der Waals surface area contributed by atoms with E-state index in [0.717, 1.165) is 38.5 Å². The third kappa shape index (κ3) is 2.96. The summed E-state index contributed by atoms with van der Waals surface area (Å²) < 4.78 is 0. The van der Waals surface area contributed by atoms with E-state index in [0.29, 0.717) is 18.0 Å². The van der Waals surface area contributed by atoms with Gasteiger partial charge < -0.3 is 0 Å². The molecule has 0 aliphatic heterocycles. The summed E-state index contributed by atoms with van der Waals surface area (Å²) in [6.07, 6.45) is 7.70. The normalized spacial score (nSPS) is 30.9. The van der Waals surface area contributed by atoms with Gasteiger partial charge >= 0.3 is 0 Å². The molecular formula is C19H32O2. The molecule has 2 aliphatic rings. The van der Waals surface area contributed by atoms with Gasteiger partial charge in [0.15, 0.2) is 0 Å². The van der Waals surface area contributed by atoms with Gasteiger partial charge in [-0.15, -0.1) is 0 Å². The van der Waals surface area contributed by atoms with Crippen LogP contribution in [-0.4, -0.2) is 11.6 Å². The molecule has 0 heterocycles. The van der Waals surface area contributed by atoms with Crippen molar-refractivity contribution in [3.05, 3.63) is 0 Å². The third-order valence-corrected chi connectivity index (χ3v) is 5.95. The number of hydrogen-bond donors (Lipinski definition) is 0. The van der Waals surface area contributed by atoms with Crippen LogP contribution in [0, 0.1) is 22.2 Å². The molecule has 2 fully saturated rings. The number of hydrogen-bond acceptors (Lipinski definition) is 2. The molecule has 2 heteroatoms. The number of carbonyl (C=O) groups is 2. The molecule has 1 unspecified atom stereocenters. The second-order valence-corrected chi connectivity index (χ2v) is 8.84. The van der Waals surface area contributed by atoms with E-state index in [9.17, 15) is 9.59 Å². The van der Waals surface area contributed by atoms with Gasteiger partial charge in [0.2, 0.25) is 0 Å². The molecule has 0 bridgehead atoms. The maximum absolute atomic E-state index is 13.1. The van der Waals surface area contributed by atoms with Gasteiger partial charge in [-0.3, -0.25) is 9.59 Å². The van der Waals surface area contributed by atoms with Gasteiger partial charge in [0.1, 0.15) is 11.6 Å². The number of carbonyl (C=O) groups excluding carboxylic acids is 2. The second-order valence-electron chi connectivity index (χ2n) is 8.84.